The molecule has 1 aliphatic rings. The molecule has 1 fully saturated rings. The van der Waals surface area contributed by atoms with Crippen LogP contribution in [0.3, 0.4) is 0 Å². The summed E-state index contributed by atoms with van der Waals surface area (Å²) in [5, 5.41) is 9.44. The maximum Gasteiger partial charge on any atom is 0.306 e. The van der Waals surface area contributed by atoms with Gasteiger partial charge < -0.3 is 5.11 Å². The van der Waals surface area contributed by atoms with Gasteiger partial charge in [0.15, 0.2) is 0 Å². The molecule has 2 nitrogen and oxygen atoms in total. The molecule has 1 N–H and O–H groups in total. The molecule has 2 atom stereocenters. The molecule has 0 heterocycles. The third-order valence-electron chi connectivity index (χ3n) is 4.76. The van der Waals surface area contributed by atoms with Crippen LogP contribution in [-0.2, 0) is 17.6 Å². The molecule has 2 rings (SSSR count). The van der Waals surface area contributed by atoms with E-state index < -0.39 is 5.97 Å². The van der Waals surface area contributed by atoms with Gasteiger partial charge in [0, 0.05) is 0 Å². The predicted molar refractivity (Wildman–Crippen MR) is 81.8 cm³/mol. The van der Waals surface area contributed by atoms with Crippen LogP contribution >= 0.6 is 0 Å². The van der Waals surface area contributed by atoms with Gasteiger partial charge in [-0.05, 0) is 54.6 Å². The first-order valence-corrected chi connectivity index (χ1v) is 7.72. The lowest BCUT2D eigenvalue weighted by Gasteiger charge is -2.39. The Kier molecular flexibility index (Phi) is 4.52. The molecule has 0 bridgehead atoms. The minimum atomic E-state index is -0.615. The molecule has 110 valence electrons. The maximum atomic E-state index is 11.5. The fourth-order valence-electron chi connectivity index (χ4n) is 3.49. The van der Waals surface area contributed by atoms with Gasteiger partial charge in [-0.3, -0.25) is 4.79 Å². The molecule has 1 aromatic rings. The van der Waals surface area contributed by atoms with Crippen molar-refractivity contribution in [3.63, 3.8) is 0 Å². The monoisotopic (exact) mass is 274 g/mol. The Morgan fingerprint density at radius 3 is 2.40 bits per heavy atom. The van der Waals surface area contributed by atoms with Gasteiger partial charge in [-0.1, -0.05) is 45.0 Å². The van der Waals surface area contributed by atoms with Gasteiger partial charge in [0.2, 0.25) is 0 Å². The van der Waals surface area contributed by atoms with Crippen LogP contribution in [0.4, 0.5) is 0 Å². The number of aliphatic carboxylic acids is 1. The van der Waals surface area contributed by atoms with Crippen molar-refractivity contribution in [3.05, 3.63) is 35.4 Å². The Balaban J connectivity index is 2.11. The Bertz CT molecular complexity index is 459. The summed E-state index contributed by atoms with van der Waals surface area (Å²) in [6.45, 7) is 6.68. The highest BCUT2D eigenvalue weighted by Gasteiger charge is 2.38. The van der Waals surface area contributed by atoms with Crippen LogP contribution in [0.25, 0.3) is 0 Å². The van der Waals surface area contributed by atoms with Gasteiger partial charge in [0.05, 0.1) is 5.92 Å². The number of hydrogen-bond donors (Lipinski definition) is 1. The lowest BCUT2D eigenvalue weighted by atomic mass is 9.65. The Morgan fingerprint density at radius 1 is 1.25 bits per heavy atom. The molecule has 20 heavy (non-hydrogen) atoms. The third kappa shape index (κ3) is 3.62. The van der Waals surface area contributed by atoms with Crippen LogP contribution in [0, 0.1) is 17.3 Å². The summed E-state index contributed by atoms with van der Waals surface area (Å²) in [4.78, 5) is 11.5. The molecule has 0 aromatic heterocycles. The Labute approximate surface area is 122 Å². The zero-order valence-corrected chi connectivity index (χ0v) is 12.9. The number of carboxylic acids is 1. The second kappa shape index (κ2) is 5.99. The summed E-state index contributed by atoms with van der Waals surface area (Å²) in [6.07, 6.45) is 4.80. The number of rotatable bonds is 4. The fourth-order valence-corrected chi connectivity index (χ4v) is 3.49. The number of hydrogen-bond acceptors (Lipinski definition) is 1. The zero-order chi connectivity index (χ0) is 14.8. The van der Waals surface area contributed by atoms with Crippen LogP contribution in [0.15, 0.2) is 24.3 Å². The van der Waals surface area contributed by atoms with Crippen molar-refractivity contribution in [2.45, 2.75) is 52.9 Å². The quantitative estimate of drug-likeness (QED) is 0.888. The van der Waals surface area contributed by atoms with E-state index in [4.69, 9.17) is 0 Å². The van der Waals surface area contributed by atoms with Crippen molar-refractivity contribution < 1.29 is 9.90 Å². The van der Waals surface area contributed by atoms with Crippen molar-refractivity contribution in [2.24, 2.45) is 17.3 Å². The topological polar surface area (TPSA) is 37.3 Å². The predicted octanol–water partition coefficient (Wildman–Crippen LogP) is 4.32. The third-order valence-corrected chi connectivity index (χ3v) is 4.76. The molecule has 0 amide bonds. The second-order valence-corrected chi connectivity index (χ2v) is 6.99. The van der Waals surface area contributed by atoms with Crippen molar-refractivity contribution in [1.82, 2.24) is 0 Å². The first-order chi connectivity index (χ1) is 9.41. The second-order valence-electron chi connectivity index (χ2n) is 6.99. The zero-order valence-electron chi connectivity index (χ0n) is 12.9. The highest BCUT2D eigenvalue weighted by molar-refractivity contribution is 5.70. The van der Waals surface area contributed by atoms with E-state index in [9.17, 15) is 9.90 Å². The largest absolute Gasteiger partial charge is 0.481 e. The summed E-state index contributed by atoms with van der Waals surface area (Å²) in [5.41, 5.74) is 2.89. The normalized spacial score (nSPS) is 25.4. The summed E-state index contributed by atoms with van der Waals surface area (Å²) >= 11 is 0. The van der Waals surface area contributed by atoms with Gasteiger partial charge >= 0.3 is 5.97 Å². The van der Waals surface area contributed by atoms with Crippen molar-refractivity contribution >= 4 is 5.97 Å². The molecular formula is C18H26O2. The number of aryl methyl sites for hydroxylation is 1. The highest BCUT2D eigenvalue weighted by atomic mass is 16.4. The van der Waals surface area contributed by atoms with Crippen LogP contribution in [0.1, 0.15) is 51.2 Å². The Hall–Kier alpha value is -1.31. The maximum absolute atomic E-state index is 11.5. The average molecular weight is 274 g/mol. The molecule has 1 saturated carbocycles. The Morgan fingerprint density at radius 2 is 1.85 bits per heavy atom. The molecule has 2 heteroatoms. The van der Waals surface area contributed by atoms with Gasteiger partial charge in [0.1, 0.15) is 0 Å². The molecule has 0 saturated heterocycles. The lowest BCUT2D eigenvalue weighted by Crippen LogP contribution is -2.35. The smallest absolute Gasteiger partial charge is 0.306 e. The van der Waals surface area contributed by atoms with E-state index in [2.05, 4.69) is 45.0 Å². The van der Waals surface area contributed by atoms with E-state index in [1.165, 1.54) is 11.1 Å². The van der Waals surface area contributed by atoms with Crippen LogP contribution < -0.4 is 0 Å². The molecule has 0 radical (unpaired) electrons. The number of benzene rings is 1. The van der Waals surface area contributed by atoms with E-state index in [0.29, 0.717) is 0 Å². The lowest BCUT2D eigenvalue weighted by molar-refractivity contribution is -0.146. The minimum absolute atomic E-state index is 0.172. The fraction of sp³-hybridized carbons (Fsp3) is 0.611. The summed E-state index contributed by atoms with van der Waals surface area (Å²) in [5.74, 6) is -0.520. The van der Waals surface area contributed by atoms with Gasteiger partial charge in [-0.2, -0.15) is 0 Å². The van der Waals surface area contributed by atoms with Gasteiger partial charge in [0.25, 0.3) is 0 Å². The van der Waals surface area contributed by atoms with Crippen molar-refractivity contribution in [2.75, 3.05) is 0 Å². The van der Waals surface area contributed by atoms with E-state index in [1.807, 2.05) is 0 Å². The van der Waals surface area contributed by atoms with Crippen molar-refractivity contribution in [3.8, 4) is 0 Å². The molecule has 1 aliphatic carbocycles. The van der Waals surface area contributed by atoms with E-state index in [-0.39, 0.29) is 17.3 Å². The SMILES string of the molecule is CCc1ccc(CC2CC(C)(C)CCC2C(=O)O)cc1. The van der Waals surface area contributed by atoms with Crippen LogP contribution in [0.2, 0.25) is 0 Å². The van der Waals surface area contributed by atoms with Crippen LogP contribution in [0.5, 0.6) is 0 Å². The van der Waals surface area contributed by atoms with E-state index in [1.54, 1.807) is 0 Å². The number of carboxylic acid groups (broad SMARTS) is 1. The molecule has 1 aromatic carbocycles. The van der Waals surface area contributed by atoms with Crippen molar-refractivity contribution in [1.29, 1.82) is 0 Å². The van der Waals surface area contributed by atoms with E-state index >= 15 is 0 Å². The minimum Gasteiger partial charge on any atom is -0.481 e. The molecule has 0 aliphatic heterocycles. The number of carbonyl (C=O) groups is 1. The van der Waals surface area contributed by atoms with Gasteiger partial charge in [-0.25, -0.2) is 0 Å². The first-order valence-electron chi connectivity index (χ1n) is 7.72. The summed E-state index contributed by atoms with van der Waals surface area (Å²) in [6, 6.07) is 8.66. The summed E-state index contributed by atoms with van der Waals surface area (Å²) < 4.78 is 0. The molecule has 0 spiro atoms. The van der Waals surface area contributed by atoms with E-state index in [0.717, 1.165) is 32.1 Å². The standard InChI is InChI=1S/C18H26O2/c1-4-13-5-7-14(8-6-13)11-15-12-18(2,3)10-9-16(15)17(19)20/h5-8,15-16H,4,9-12H2,1-3H3,(H,19,20). The van der Waals surface area contributed by atoms with Gasteiger partial charge in [-0.15, -0.1) is 0 Å². The summed E-state index contributed by atoms with van der Waals surface area (Å²) in [7, 11) is 0. The average Bonchev–Trinajstić information content (AvgIpc) is 2.38. The first kappa shape index (κ1) is 15.1. The molecular weight excluding hydrogens is 248 g/mol. The highest BCUT2D eigenvalue weighted by Crippen LogP contribution is 2.43. The molecule has 2 unspecified atom stereocenters. The van der Waals surface area contributed by atoms with Crippen LogP contribution in [-0.4, -0.2) is 11.1 Å².